The van der Waals surface area contributed by atoms with Gasteiger partial charge < -0.3 is 9.88 Å². The molecule has 5 rings (SSSR count). The van der Waals surface area contributed by atoms with Crippen molar-refractivity contribution < 1.29 is 9.18 Å². The van der Waals surface area contributed by atoms with Crippen LogP contribution < -0.4 is 10.9 Å². The Kier molecular flexibility index (Phi) is 5.44. The number of hydrogen-bond acceptors (Lipinski definition) is 3. The summed E-state index contributed by atoms with van der Waals surface area (Å²) >= 11 is 0. The molecular formula is C26H21FN4O2. The fourth-order valence-electron chi connectivity index (χ4n) is 4.01. The lowest BCUT2D eigenvalue weighted by Gasteiger charge is -2.10. The summed E-state index contributed by atoms with van der Waals surface area (Å²) in [6.45, 7) is 0.655. The van der Waals surface area contributed by atoms with Gasteiger partial charge in [0.2, 0.25) is 5.91 Å². The summed E-state index contributed by atoms with van der Waals surface area (Å²) in [5.41, 5.74) is 3.22. The summed E-state index contributed by atoms with van der Waals surface area (Å²) < 4.78 is 16.5. The SMILES string of the molecule is O=C(Cn1c2ccccc2c2ncn(Cc3ccc(F)cc3)c(=O)c21)NCc1ccccc1. The molecule has 3 aromatic carbocycles. The molecule has 0 aliphatic heterocycles. The smallest absolute Gasteiger partial charge is 0.278 e. The van der Waals surface area contributed by atoms with Gasteiger partial charge in [-0.05, 0) is 29.3 Å². The number of benzene rings is 3. The second kappa shape index (κ2) is 8.70. The maximum atomic E-state index is 13.4. The molecule has 0 unspecified atom stereocenters. The van der Waals surface area contributed by atoms with Gasteiger partial charge in [-0.25, -0.2) is 9.37 Å². The Morgan fingerprint density at radius 2 is 1.64 bits per heavy atom. The van der Waals surface area contributed by atoms with Crippen molar-refractivity contribution in [3.05, 3.63) is 112 Å². The third kappa shape index (κ3) is 4.13. The molecule has 6 nitrogen and oxygen atoms in total. The highest BCUT2D eigenvalue weighted by molar-refractivity contribution is 6.06. The minimum Gasteiger partial charge on any atom is -0.350 e. The molecule has 5 aromatic rings. The van der Waals surface area contributed by atoms with E-state index in [-0.39, 0.29) is 30.4 Å². The lowest BCUT2D eigenvalue weighted by atomic mass is 10.2. The standard InChI is InChI=1S/C26H21FN4O2/c27-20-12-10-19(11-13-20)15-30-17-29-24-21-8-4-5-9-22(21)31(25(24)26(30)33)16-23(32)28-14-18-6-2-1-3-7-18/h1-13,17H,14-16H2,(H,28,32). The van der Waals surface area contributed by atoms with Crippen LogP contribution in [-0.4, -0.2) is 20.0 Å². The first-order chi connectivity index (χ1) is 16.1. The van der Waals surface area contributed by atoms with Gasteiger partial charge in [-0.2, -0.15) is 0 Å². The molecule has 0 saturated carbocycles. The number of para-hydroxylation sites is 1. The Bertz CT molecular complexity index is 1510. The molecule has 0 saturated heterocycles. The van der Waals surface area contributed by atoms with Gasteiger partial charge in [-0.15, -0.1) is 0 Å². The van der Waals surface area contributed by atoms with Gasteiger partial charge in [-0.1, -0.05) is 60.7 Å². The van der Waals surface area contributed by atoms with E-state index >= 15 is 0 Å². The third-order valence-electron chi connectivity index (χ3n) is 5.63. The predicted molar refractivity (Wildman–Crippen MR) is 125 cm³/mol. The zero-order valence-electron chi connectivity index (χ0n) is 17.7. The van der Waals surface area contributed by atoms with E-state index < -0.39 is 0 Å². The fraction of sp³-hybridized carbons (Fsp3) is 0.115. The molecule has 1 N–H and O–H groups in total. The van der Waals surface area contributed by atoms with Crippen LogP contribution >= 0.6 is 0 Å². The number of hydrogen-bond donors (Lipinski definition) is 1. The number of aromatic nitrogens is 3. The van der Waals surface area contributed by atoms with Gasteiger partial charge in [0, 0.05) is 11.9 Å². The average Bonchev–Trinajstić information content (AvgIpc) is 3.16. The maximum Gasteiger partial charge on any atom is 0.278 e. The third-order valence-corrected chi connectivity index (χ3v) is 5.63. The predicted octanol–water partition coefficient (Wildman–Crippen LogP) is 3.86. The van der Waals surface area contributed by atoms with Crippen LogP contribution in [0.1, 0.15) is 11.1 Å². The molecule has 1 amide bonds. The van der Waals surface area contributed by atoms with Crippen LogP contribution in [0.2, 0.25) is 0 Å². The van der Waals surface area contributed by atoms with E-state index in [4.69, 9.17) is 0 Å². The van der Waals surface area contributed by atoms with Gasteiger partial charge in [0.15, 0.2) is 0 Å². The molecular weight excluding hydrogens is 419 g/mol. The number of rotatable bonds is 6. The highest BCUT2D eigenvalue weighted by Crippen LogP contribution is 2.25. The fourth-order valence-corrected chi connectivity index (χ4v) is 4.01. The van der Waals surface area contributed by atoms with Crippen molar-refractivity contribution in [3.8, 4) is 0 Å². The molecule has 0 aliphatic carbocycles. The van der Waals surface area contributed by atoms with E-state index in [9.17, 15) is 14.0 Å². The van der Waals surface area contributed by atoms with Crippen LogP contribution in [0.5, 0.6) is 0 Å². The van der Waals surface area contributed by atoms with Crippen LogP contribution in [0.15, 0.2) is 90.0 Å². The van der Waals surface area contributed by atoms with Crippen LogP contribution in [0.4, 0.5) is 4.39 Å². The minimum atomic E-state index is -0.332. The van der Waals surface area contributed by atoms with Crippen molar-refractivity contribution in [2.45, 2.75) is 19.6 Å². The highest BCUT2D eigenvalue weighted by atomic mass is 19.1. The van der Waals surface area contributed by atoms with Gasteiger partial charge in [0.25, 0.3) is 5.56 Å². The Morgan fingerprint density at radius 3 is 2.42 bits per heavy atom. The van der Waals surface area contributed by atoms with Crippen LogP contribution in [0, 0.1) is 5.82 Å². The quantitative estimate of drug-likeness (QED) is 0.436. The Morgan fingerprint density at radius 1 is 0.909 bits per heavy atom. The Labute approximate surface area is 188 Å². The largest absolute Gasteiger partial charge is 0.350 e. The van der Waals surface area contributed by atoms with Gasteiger partial charge in [-0.3, -0.25) is 14.2 Å². The zero-order valence-corrected chi connectivity index (χ0v) is 17.7. The number of nitrogens with zero attached hydrogens (tertiary/aromatic N) is 3. The Balaban J connectivity index is 1.52. The second-order valence-electron chi connectivity index (χ2n) is 7.87. The molecule has 7 heteroatoms. The van der Waals surface area contributed by atoms with Crippen LogP contribution in [0.25, 0.3) is 21.9 Å². The number of carbonyl (C=O) groups is 1. The molecule has 0 bridgehead atoms. The number of carbonyl (C=O) groups excluding carboxylic acids is 1. The Hall–Kier alpha value is -4.26. The maximum absolute atomic E-state index is 13.4. The summed E-state index contributed by atoms with van der Waals surface area (Å²) in [5.74, 6) is -0.531. The normalized spacial score (nSPS) is 11.2. The minimum absolute atomic E-state index is 0.00563. The van der Waals surface area contributed by atoms with Crippen molar-refractivity contribution in [2.75, 3.05) is 0 Å². The molecule has 2 aromatic heterocycles. The van der Waals surface area contributed by atoms with E-state index in [2.05, 4.69) is 10.3 Å². The summed E-state index contributed by atoms with van der Waals surface area (Å²) in [6.07, 6.45) is 1.50. The first-order valence-corrected chi connectivity index (χ1v) is 10.6. The van der Waals surface area contributed by atoms with Crippen molar-refractivity contribution in [3.63, 3.8) is 0 Å². The van der Waals surface area contributed by atoms with E-state index in [1.165, 1.54) is 23.0 Å². The molecule has 0 fully saturated rings. The first-order valence-electron chi connectivity index (χ1n) is 10.6. The highest BCUT2D eigenvalue weighted by Gasteiger charge is 2.18. The molecule has 33 heavy (non-hydrogen) atoms. The number of fused-ring (bicyclic) bond motifs is 3. The molecule has 0 spiro atoms. The van der Waals surface area contributed by atoms with Gasteiger partial charge in [0.05, 0.1) is 18.4 Å². The number of nitrogens with one attached hydrogen (secondary N) is 1. The lowest BCUT2D eigenvalue weighted by molar-refractivity contribution is -0.121. The van der Waals surface area contributed by atoms with E-state index in [1.807, 2.05) is 54.6 Å². The van der Waals surface area contributed by atoms with E-state index in [0.29, 0.717) is 17.6 Å². The van der Waals surface area contributed by atoms with E-state index in [0.717, 1.165) is 22.0 Å². The van der Waals surface area contributed by atoms with Crippen molar-refractivity contribution >= 4 is 27.8 Å². The molecule has 0 aliphatic rings. The van der Waals surface area contributed by atoms with Crippen molar-refractivity contribution in [1.29, 1.82) is 0 Å². The lowest BCUT2D eigenvalue weighted by Crippen LogP contribution is -2.29. The van der Waals surface area contributed by atoms with Crippen molar-refractivity contribution in [2.24, 2.45) is 0 Å². The average molecular weight is 440 g/mol. The molecule has 164 valence electrons. The number of amides is 1. The monoisotopic (exact) mass is 440 g/mol. The molecule has 0 radical (unpaired) electrons. The summed E-state index contributed by atoms with van der Waals surface area (Å²) in [4.78, 5) is 30.8. The zero-order chi connectivity index (χ0) is 22.8. The van der Waals surface area contributed by atoms with Crippen molar-refractivity contribution in [1.82, 2.24) is 19.4 Å². The second-order valence-corrected chi connectivity index (χ2v) is 7.87. The molecule has 0 atom stereocenters. The van der Waals surface area contributed by atoms with Crippen LogP contribution in [-0.2, 0) is 24.4 Å². The molecule has 2 heterocycles. The first kappa shape index (κ1) is 20.6. The summed E-state index contributed by atoms with van der Waals surface area (Å²) in [7, 11) is 0. The van der Waals surface area contributed by atoms with Crippen LogP contribution in [0.3, 0.4) is 0 Å². The van der Waals surface area contributed by atoms with Gasteiger partial charge in [0.1, 0.15) is 23.4 Å². The number of halogens is 1. The van der Waals surface area contributed by atoms with Gasteiger partial charge >= 0.3 is 0 Å². The topological polar surface area (TPSA) is 68.9 Å². The summed E-state index contributed by atoms with van der Waals surface area (Å²) in [5, 5.41) is 3.74. The van der Waals surface area contributed by atoms with E-state index in [1.54, 1.807) is 16.7 Å². The summed E-state index contributed by atoms with van der Waals surface area (Å²) in [6, 6.07) is 23.2.